The number of carbonyl (C=O) groups excluding carboxylic acids is 1. The van der Waals surface area contributed by atoms with Gasteiger partial charge in [0.05, 0.1) is 6.04 Å². The topological polar surface area (TPSA) is 35.6 Å². The highest BCUT2D eigenvalue weighted by Gasteiger charge is 2.25. The van der Waals surface area contributed by atoms with Gasteiger partial charge in [0.15, 0.2) is 0 Å². The maximum absolute atomic E-state index is 12.3. The van der Waals surface area contributed by atoms with Crippen molar-refractivity contribution in [2.45, 2.75) is 25.9 Å². The van der Waals surface area contributed by atoms with Crippen molar-refractivity contribution < 1.29 is 4.79 Å². The number of nitrogens with one attached hydrogen (secondary N) is 1. The molecule has 1 saturated heterocycles. The molecule has 24 heavy (non-hydrogen) atoms. The number of thiophene rings is 2. The number of hydrogen-bond donors (Lipinski definition) is 1. The Balaban J connectivity index is 1.37. The van der Waals surface area contributed by atoms with E-state index >= 15 is 0 Å². The van der Waals surface area contributed by atoms with Crippen molar-refractivity contribution in [3.63, 3.8) is 0 Å². The van der Waals surface area contributed by atoms with Gasteiger partial charge in [-0.05, 0) is 47.2 Å². The van der Waals surface area contributed by atoms with Crippen LogP contribution < -0.4 is 5.32 Å². The molecule has 3 rings (SSSR count). The molecule has 0 saturated carbocycles. The monoisotopic (exact) mass is 363 g/mol. The number of rotatable bonds is 7. The number of carbonyl (C=O) groups is 1. The molecule has 4 nitrogen and oxygen atoms in total. The fourth-order valence-corrected chi connectivity index (χ4v) is 4.40. The second-order valence-electron chi connectivity index (χ2n) is 6.24. The summed E-state index contributed by atoms with van der Waals surface area (Å²) in [5, 5.41) is 9.51. The normalized spacial score (nSPS) is 17.7. The summed E-state index contributed by atoms with van der Waals surface area (Å²) in [4.78, 5) is 18.4. The Kier molecular flexibility index (Phi) is 6.43. The summed E-state index contributed by atoms with van der Waals surface area (Å²) in [6, 6.07) is 6.32. The number of nitrogens with zero attached hydrogens (tertiary/aromatic N) is 2. The zero-order chi connectivity index (χ0) is 16.8. The Hall–Kier alpha value is -1.21. The number of amides is 1. The lowest BCUT2D eigenvalue weighted by Gasteiger charge is -2.37. The first-order valence-corrected chi connectivity index (χ1v) is 10.3. The molecule has 1 aliphatic heterocycles. The molecular formula is C18H25N3OS2. The van der Waals surface area contributed by atoms with Gasteiger partial charge in [-0.25, -0.2) is 0 Å². The molecule has 0 bridgehead atoms. The minimum atomic E-state index is -0.0448. The Labute approximate surface area is 152 Å². The Morgan fingerprint density at radius 3 is 2.75 bits per heavy atom. The van der Waals surface area contributed by atoms with E-state index in [1.165, 1.54) is 10.4 Å². The summed E-state index contributed by atoms with van der Waals surface area (Å²) in [6.45, 7) is 7.76. The number of piperazine rings is 1. The second-order valence-corrected chi connectivity index (χ2v) is 8.05. The molecule has 3 heterocycles. The first-order chi connectivity index (χ1) is 11.7. The molecule has 1 aliphatic rings. The van der Waals surface area contributed by atoms with Crippen LogP contribution in [0.3, 0.4) is 0 Å². The van der Waals surface area contributed by atoms with Crippen molar-refractivity contribution in [2.75, 3.05) is 32.7 Å². The SMILES string of the molecule is C[C@H](C(=O)NCCc1cccs1)N1CCN(Cc2ccsc2)CC1. The van der Waals surface area contributed by atoms with Crippen LogP contribution in [0.2, 0.25) is 0 Å². The summed E-state index contributed by atoms with van der Waals surface area (Å²) < 4.78 is 0. The molecule has 1 N–H and O–H groups in total. The van der Waals surface area contributed by atoms with E-state index in [-0.39, 0.29) is 11.9 Å². The lowest BCUT2D eigenvalue weighted by atomic mass is 10.2. The molecule has 0 radical (unpaired) electrons. The quantitative estimate of drug-likeness (QED) is 0.821. The smallest absolute Gasteiger partial charge is 0.237 e. The molecule has 2 aromatic rings. The van der Waals surface area contributed by atoms with Gasteiger partial charge in [0.1, 0.15) is 0 Å². The van der Waals surface area contributed by atoms with Gasteiger partial charge < -0.3 is 5.32 Å². The zero-order valence-corrected chi connectivity index (χ0v) is 15.7. The maximum Gasteiger partial charge on any atom is 0.237 e. The van der Waals surface area contributed by atoms with Crippen LogP contribution in [-0.4, -0.2) is 54.5 Å². The van der Waals surface area contributed by atoms with Gasteiger partial charge in [-0.3, -0.25) is 14.6 Å². The number of hydrogen-bond acceptors (Lipinski definition) is 5. The van der Waals surface area contributed by atoms with E-state index in [9.17, 15) is 4.79 Å². The molecule has 1 fully saturated rings. The third-order valence-corrected chi connectivity index (χ3v) is 6.24. The predicted molar refractivity (Wildman–Crippen MR) is 102 cm³/mol. The van der Waals surface area contributed by atoms with Gasteiger partial charge in [-0.2, -0.15) is 11.3 Å². The van der Waals surface area contributed by atoms with Crippen LogP contribution in [0.1, 0.15) is 17.4 Å². The zero-order valence-electron chi connectivity index (χ0n) is 14.1. The minimum absolute atomic E-state index is 0.0448. The second kappa shape index (κ2) is 8.76. The largest absolute Gasteiger partial charge is 0.354 e. The molecule has 0 aromatic carbocycles. The van der Waals surface area contributed by atoms with Crippen molar-refractivity contribution in [1.82, 2.24) is 15.1 Å². The van der Waals surface area contributed by atoms with E-state index in [0.29, 0.717) is 0 Å². The van der Waals surface area contributed by atoms with Crippen molar-refractivity contribution in [3.8, 4) is 0 Å². The average molecular weight is 364 g/mol. The summed E-state index contributed by atoms with van der Waals surface area (Å²) >= 11 is 3.50. The van der Waals surface area contributed by atoms with Crippen LogP contribution in [0, 0.1) is 0 Å². The maximum atomic E-state index is 12.3. The van der Waals surface area contributed by atoms with Crippen molar-refractivity contribution >= 4 is 28.6 Å². The van der Waals surface area contributed by atoms with Crippen LogP contribution in [0.15, 0.2) is 34.3 Å². The highest BCUT2D eigenvalue weighted by Crippen LogP contribution is 2.13. The summed E-state index contributed by atoms with van der Waals surface area (Å²) in [5.74, 6) is 0.151. The fraction of sp³-hybridized carbons (Fsp3) is 0.500. The Bertz CT molecular complexity index is 604. The highest BCUT2D eigenvalue weighted by molar-refractivity contribution is 7.09. The Morgan fingerprint density at radius 1 is 1.25 bits per heavy atom. The average Bonchev–Trinajstić information content (AvgIpc) is 3.29. The molecule has 130 valence electrons. The van der Waals surface area contributed by atoms with Gasteiger partial charge in [0, 0.05) is 44.1 Å². The minimum Gasteiger partial charge on any atom is -0.354 e. The lowest BCUT2D eigenvalue weighted by Crippen LogP contribution is -2.53. The van der Waals surface area contributed by atoms with Gasteiger partial charge in [-0.1, -0.05) is 6.07 Å². The standard InChI is InChI=1S/C18H25N3OS2/c1-15(18(22)19-6-4-17-3-2-11-24-17)21-9-7-20(8-10-21)13-16-5-12-23-14-16/h2-3,5,11-12,14-15H,4,6-10,13H2,1H3,(H,19,22)/t15-/m1/s1. The van der Waals surface area contributed by atoms with E-state index in [2.05, 4.69) is 49.5 Å². The third-order valence-electron chi connectivity index (χ3n) is 4.57. The fourth-order valence-electron chi connectivity index (χ4n) is 3.03. The van der Waals surface area contributed by atoms with Gasteiger partial charge in [-0.15, -0.1) is 11.3 Å². The van der Waals surface area contributed by atoms with Crippen LogP contribution in [0.5, 0.6) is 0 Å². The van der Waals surface area contributed by atoms with E-state index in [4.69, 9.17) is 0 Å². The van der Waals surface area contributed by atoms with Crippen molar-refractivity contribution in [1.29, 1.82) is 0 Å². The molecule has 1 atom stereocenters. The highest BCUT2D eigenvalue weighted by atomic mass is 32.1. The Morgan fingerprint density at radius 2 is 2.08 bits per heavy atom. The molecule has 0 unspecified atom stereocenters. The predicted octanol–water partition coefficient (Wildman–Crippen LogP) is 2.67. The first kappa shape index (κ1) is 17.6. The van der Waals surface area contributed by atoms with E-state index < -0.39 is 0 Å². The lowest BCUT2D eigenvalue weighted by molar-refractivity contribution is -0.126. The summed E-state index contributed by atoms with van der Waals surface area (Å²) in [7, 11) is 0. The summed E-state index contributed by atoms with van der Waals surface area (Å²) in [5.41, 5.74) is 1.40. The van der Waals surface area contributed by atoms with Crippen molar-refractivity contribution in [3.05, 3.63) is 44.8 Å². The van der Waals surface area contributed by atoms with Gasteiger partial charge >= 0.3 is 0 Å². The molecule has 2 aromatic heterocycles. The van der Waals surface area contributed by atoms with Crippen LogP contribution in [0.4, 0.5) is 0 Å². The van der Waals surface area contributed by atoms with Crippen LogP contribution in [-0.2, 0) is 17.8 Å². The van der Waals surface area contributed by atoms with Crippen LogP contribution in [0.25, 0.3) is 0 Å². The van der Waals surface area contributed by atoms with E-state index in [0.717, 1.165) is 45.7 Å². The van der Waals surface area contributed by atoms with Crippen molar-refractivity contribution in [2.24, 2.45) is 0 Å². The third kappa shape index (κ3) is 4.89. The van der Waals surface area contributed by atoms with Gasteiger partial charge in [0.25, 0.3) is 0 Å². The first-order valence-electron chi connectivity index (χ1n) is 8.50. The van der Waals surface area contributed by atoms with E-state index in [1.807, 2.05) is 6.92 Å². The molecule has 0 aliphatic carbocycles. The van der Waals surface area contributed by atoms with E-state index in [1.54, 1.807) is 22.7 Å². The molecule has 6 heteroatoms. The summed E-state index contributed by atoms with van der Waals surface area (Å²) in [6.07, 6.45) is 0.921. The molecule has 0 spiro atoms. The molecule has 1 amide bonds. The van der Waals surface area contributed by atoms with Crippen LogP contribution >= 0.6 is 22.7 Å². The molecular weight excluding hydrogens is 338 g/mol. The van der Waals surface area contributed by atoms with Gasteiger partial charge in [0.2, 0.25) is 5.91 Å².